The molecule has 1 aromatic rings. The van der Waals surface area contributed by atoms with Gasteiger partial charge in [0.15, 0.2) is 0 Å². The van der Waals surface area contributed by atoms with Crippen molar-refractivity contribution in [3.63, 3.8) is 0 Å². The van der Waals surface area contributed by atoms with Crippen LogP contribution in [0.2, 0.25) is 0 Å². The molecule has 76 valence electrons. The van der Waals surface area contributed by atoms with E-state index in [9.17, 15) is 10.2 Å². The van der Waals surface area contributed by atoms with Gasteiger partial charge in [0.1, 0.15) is 11.5 Å². The van der Waals surface area contributed by atoms with Crippen LogP contribution in [0.15, 0.2) is 12.1 Å². The average Bonchev–Trinajstić information content (AvgIpc) is 2.92. The SMILES string of the molecule is Cc1cc(O)c(C2(CN)CC2)cc1O. The van der Waals surface area contributed by atoms with E-state index in [-0.39, 0.29) is 16.9 Å². The first kappa shape index (κ1) is 9.34. The lowest BCUT2D eigenvalue weighted by atomic mass is 9.94. The lowest BCUT2D eigenvalue weighted by molar-refractivity contribution is 0.443. The van der Waals surface area contributed by atoms with E-state index in [1.165, 1.54) is 0 Å². The molecule has 1 saturated carbocycles. The first-order valence-electron chi connectivity index (χ1n) is 4.82. The summed E-state index contributed by atoms with van der Waals surface area (Å²) in [7, 11) is 0. The minimum Gasteiger partial charge on any atom is -0.508 e. The zero-order valence-corrected chi connectivity index (χ0v) is 8.25. The van der Waals surface area contributed by atoms with Crippen LogP contribution in [0.3, 0.4) is 0 Å². The molecule has 0 heterocycles. The number of phenolic OH excluding ortho intramolecular Hbond substituents is 2. The zero-order chi connectivity index (χ0) is 10.3. The fourth-order valence-corrected chi connectivity index (χ4v) is 1.84. The fourth-order valence-electron chi connectivity index (χ4n) is 1.84. The van der Waals surface area contributed by atoms with Crippen LogP contribution in [0.1, 0.15) is 24.0 Å². The molecule has 0 spiro atoms. The molecule has 0 aromatic heterocycles. The smallest absolute Gasteiger partial charge is 0.119 e. The molecule has 0 aliphatic heterocycles. The summed E-state index contributed by atoms with van der Waals surface area (Å²) in [6, 6.07) is 3.24. The van der Waals surface area contributed by atoms with E-state index in [0.29, 0.717) is 12.1 Å². The van der Waals surface area contributed by atoms with Gasteiger partial charge >= 0.3 is 0 Å². The first-order chi connectivity index (χ1) is 6.59. The molecule has 1 fully saturated rings. The van der Waals surface area contributed by atoms with Crippen molar-refractivity contribution in [2.45, 2.75) is 25.2 Å². The van der Waals surface area contributed by atoms with Crippen molar-refractivity contribution in [2.75, 3.05) is 6.54 Å². The molecule has 0 atom stereocenters. The number of hydrogen-bond acceptors (Lipinski definition) is 3. The molecule has 2 rings (SSSR count). The number of benzene rings is 1. The standard InChI is InChI=1S/C11H15NO2/c1-7-4-10(14)8(5-9(7)13)11(6-12)2-3-11/h4-5,13-14H,2-3,6,12H2,1H3. The molecule has 14 heavy (non-hydrogen) atoms. The van der Waals surface area contributed by atoms with E-state index in [4.69, 9.17) is 5.73 Å². The molecule has 1 aromatic carbocycles. The molecule has 0 saturated heterocycles. The van der Waals surface area contributed by atoms with Crippen molar-refractivity contribution in [1.82, 2.24) is 0 Å². The Labute approximate surface area is 83.2 Å². The molecule has 1 aliphatic rings. The van der Waals surface area contributed by atoms with Gasteiger partial charge in [-0.25, -0.2) is 0 Å². The van der Waals surface area contributed by atoms with Gasteiger partial charge in [0.2, 0.25) is 0 Å². The van der Waals surface area contributed by atoms with Crippen LogP contribution in [0.4, 0.5) is 0 Å². The van der Waals surface area contributed by atoms with E-state index in [1.807, 2.05) is 0 Å². The fraction of sp³-hybridized carbons (Fsp3) is 0.455. The Morgan fingerprint density at radius 2 is 1.93 bits per heavy atom. The van der Waals surface area contributed by atoms with Crippen LogP contribution in [-0.2, 0) is 5.41 Å². The highest BCUT2D eigenvalue weighted by atomic mass is 16.3. The quantitative estimate of drug-likeness (QED) is 0.622. The van der Waals surface area contributed by atoms with Crippen molar-refractivity contribution >= 4 is 0 Å². The van der Waals surface area contributed by atoms with Gasteiger partial charge in [-0.05, 0) is 37.5 Å². The van der Waals surface area contributed by atoms with Crippen molar-refractivity contribution in [1.29, 1.82) is 0 Å². The Bertz CT molecular complexity index is 370. The van der Waals surface area contributed by atoms with Gasteiger partial charge in [-0.1, -0.05) is 0 Å². The van der Waals surface area contributed by atoms with E-state index in [1.54, 1.807) is 19.1 Å². The topological polar surface area (TPSA) is 66.5 Å². The maximum Gasteiger partial charge on any atom is 0.119 e. The van der Waals surface area contributed by atoms with Crippen molar-refractivity contribution in [3.05, 3.63) is 23.3 Å². The summed E-state index contributed by atoms with van der Waals surface area (Å²) < 4.78 is 0. The number of nitrogens with two attached hydrogens (primary N) is 1. The average molecular weight is 193 g/mol. The number of hydrogen-bond donors (Lipinski definition) is 3. The maximum atomic E-state index is 9.76. The Kier molecular flexibility index (Phi) is 1.93. The van der Waals surface area contributed by atoms with E-state index in [2.05, 4.69) is 0 Å². The van der Waals surface area contributed by atoms with Crippen LogP contribution in [0, 0.1) is 6.92 Å². The van der Waals surface area contributed by atoms with E-state index < -0.39 is 0 Å². The molecular formula is C11H15NO2. The Balaban J connectivity index is 2.49. The number of phenols is 2. The van der Waals surface area contributed by atoms with Crippen LogP contribution in [0.25, 0.3) is 0 Å². The zero-order valence-electron chi connectivity index (χ0n) is 8.25. The van der Waals surface area contributed by atoms with E-state index in [0.717, 1.165) is 18.4 Å². The van der Waals surface area contributed by atoms with Crippen LogP contribution in [0.5, 0.6) is 11.5 Å². The highest BCUT2D eigenvalue weighted by molar-refractivity contribution is 5.50. The third-order valence-corrected chi connectivity index (χ3v) is 3.13. The minimum absolute atomic E-state index is 0.0741. The number of rotatable bonds is 2. The summed E-state index contributed by atoms with van der Waals surface area (Å²) in [4.78, 5) is 0. The molecule has 4 N–H and O–H groups in total. The summed E-state index contributed by atoms with van der Waals surface area (Å²) in [6.45, 7) is 2.30. The predicted octanol–water partition coefficient (Wildman–Crippen LogP) is 1.40. The molecule has 0 radical (unpaired) electrons. The third-order valence-electron chi connectivity index (χ3n) is 3.13. The molecule has 0 bridgehead atoms. The van der Waals surface area contributed by atoms with Crippen LogP contribution >= 0.6 is 0 Å². The molecule has 3 nitrogen and oxygen atoms in total. The highest BCUT2D eigenvalue weighted by Gasteiger charge is 2.44. The number of aryl methyl sites for hydroxylation is 1. The van der Waals surface area contributed by atoms with Crippen molar-refractivity contribution in [2.24, 2.45) is 5.73 Å². The van der Waals surface area contributed by atoms with E-state index >= 15 is 0 Å². The summed E-state index contributed by atoms with van der Waals surface area (Å²) in [5, 5.41) is 19.3. The van der Waals surface area contributed by atoms with Gasteiger partial charge in [-0.3, -0.25) is 0 Å². The predicted molar refractivity (Wildman–Crippen MR) is 54.5 cm³/mol. The highest BCUT2D eigenvalue weighted by Crippen LogP contribution is 2.51. The summed E-state index contributed by atoms with van der Waals surface area (Å²) >= 11 is 0. The van der Waals surface area contributed by atoms with Crippen molar-refractivity contribution in [3.8, 4) is 11.5 Å². The summed E-state index contributed by atoms with van der Waals surface area (Å²) in [6.07, 6.45) is 2.00. The van der Waals surface area contributed by atoms with Gasteiger partial charge < -0.3 is 15.9 Å². The molecular weight excluding hydrogens is 178 g/mol. The van der Waals surface area contributed by atoms with Gasteiger partial charge in [0.25, 0.3) is 0 Å². The first-order valence-corrected chi connectivity index (χ1v) is 4.82. The second-order valence-corrected chi connectivity index (χ2v) is 4.14. The monoisotopic (exact) mass is 193 g/mol. The maximum absolute atomic E-state index is 9.76. The Morgan fingerprint density at radius 3 is 2.43 bits per heavy atom. The summed E-state index contributed by atoms with van der Waals surface area (Å²) in [5.74, 6) is 0.487. The largest absolute Gasteiger partial charge is 0.508 e. The second-order valence-electron chi connectivity index (χ2n) is 4.14. The van der Waals surface area contributed by atoms with Gasteiger partial charge in [-0.2, -0.15) is 0 Å². The van der Waals surface area contributed by atoms with Gasteiger partial charge in [0.05, 0.1) is 0 Å². The van der Waals surface area contributed by atoms with Crippen LogP contribution in [-0.4, -0.2) is 16.8 Å². The molecule has 1 aliphatic carbocycles. The minimum atomic E-state index is -0.0741. The van der Waals surface area contributed by atoms with Gasteiger partial charge in [-0.15, -0.1) is 0 Å². The number of aromatic hydroxyl groups is 2. The molecule has 3 heteroatoms. The third kappa shape index (κ3) is 1.24. The summed E-state index contributed by atoms with van der Waals surface area (Å²) in [5.41, 5.74) is 7.08. The molecule has 0 amide bonds. The lowest BCUT2D eigenvalue weighted by Crippen LogP contribution is -2.19. The van der Waals surface area contributed by atoms with Gasteiger partial charge in [0, 0.05) is 17.5 Å². The molecule has 0 unspecified atom stereocenters. The Hall–Kier alpha value is -1.22. The Morgan fingerprint density at radius 1 is 1.29 bits per heavy atom. The normalized spacial score (nSPS) is 18.1. The van der Waals surface area contributed by atoms with Crippen LogP contribution < -0.4 is 5.73 Å². The lowest BCUT2D eigenvalue weighted by Gasteiger charge is -2.15. The van der Waals surface area contributed by atoms with Crippen molar-refractivity contribution < 1.29 is 10.2 Å². The second kappa shape index (κ2) is 2.89.